The van der Waals surface area contributed by atoms with Gasteiger partial charge in [-0.15, -0.1) is 0 Å². The molecule has 1 heterocycles. The number of hydrogen-bond donors (Lipinski definition) is 1. The molecule has 0 saturated carbocycles. The van der Waals surface area contributed by atoms with E-state index in [1.165, 1.54) is 5.56 Å². The molecule has 2 rings (SSSR count). The molecule has 4 heteroatoms. The van der Waals surface area contributed by atoms with E-state index in [2.05, 4.69) is 40.8 Å². The number of aryl methyl sites for hydroxylation is 2. The van der Waals surface area contributed by atoms with E-state index in [9.17, 15) is 0 Å². The van der Waals surface area contributed by atoms with Crippen molar-refractivity contribution in [3.63, 3.8) is 0 Å². The van der Waals surface area contributed by atoms with Crippen LogP contribution in [0.3, 0.4) is 0 Å². The summed E-state index contributed by atoms with van der Waals surface area (Å²) in [5, 5.41) is 4.11. The van der Waals surface area contributed by atoms with E-state index in [-0.39, 0.29) is 0 Å². The van der Waals surface area contributed by atoms with Gasteiger partial charge in [-0.25, -0.2) is 4.98 Å². The maximum absolute atomic E-state index is 5.87. The Hall–Kier alpha value is -1.48. The van der Waals surface area contributed by atoms with Crippen LogP contribution < -0.4 is 5.32 Å². The summed E-state index contributed by atoms with van der Waals surface area (Å²) in [5.41, 5.74) is 1.28. The molecule has 96 valence electrons. The summed E-state index contributed by atoms with van der Waals surface area (Å²) in [6.45, 7) is 5.13. The molecule has 0 aliphatic heterocycles. The highest BCUT2D eigenvalue weighted by Gasteiger charge is 2.03. The Morgan fingerprint density at radius 2 is 2.00 bits per heavy atom. The number of imidazole rings is 1. The fraction of sp³-hybridized carbons (Fsp3) is 0.357. The van der Waals surface area contributed by atoms with E-state index >= 15 is 0 Å². The molecule has 0 atom stereocenters. The van der Waals surface area contributed by atoms with Gasteiger partial charge in [0.1, 0.15) is 0 Å². The highest BCUT2D eigenvalue weighted by molar-refractivity contribution is 6.30. The van der Waals surface area contributed by atoms with Crippen molar-refractivity contribution in [2.24, 2.45) is 0 Å². The summed E-state index contributed by atoms with van der Waals surface area (Å²) in [7, 11) is 0. The van der Waals surface area contributed by atoms with E-state index in [0.29, 0.717) is 6.04 Å². The molecule has 0 amide bonds. The van der Waals surface area contributed by atoms with Gasteiger partial charge < -0.3 is 9.88 Å². The first-order chi connectivity index (χ1) is 8.65. The normalized spacial score (nSPS) is 10.9. The van der Waals surface area contributed by atoms with Crippen molar-refractivity contribution in [3.8, 4) is 0 Å². The van der Waals surface area contributed by atoms with Crippen molar-refractivity contribution in [1.82, 2.24) is 9.55 Å². The standard InChI is InChI=1S/C14H18ClN3/c1-11(2)17-14-16-8-10-18(14)9-7-12-3-5-13(15)6-4-12/h3-6,8,10-11H,7,9H2,1-2H3,(H,16,17). The number of nitrogens with one attached hydrogen (secondary N) is 1. The molecule has 0 spiro atoms. The lowest BCUT2D eigenvalue weighted by molar-refractivity contribution is 0.691. The number of nitrogens with zero attached hydrogens (tertiary/aromatic N) is 2. The molecule has 0 fully saturated rings. The predicted octanol–water partition coefficient (Wildman–Crippen LogP) is 3.60. The molecule has 0 bridgehead atoms. The largest absolute Gasteiger partial charge is 0.353 e. The van der Waals surface area contributed by atoms with Crippen LogP contribution in [0.15, 0.2) is 36.7 Å². The Bertz CT molecular complexity index is 488. The van der Waals surface area contributed by atoms with Crippen molar-refractivity contribution in [2.75, 3.05) is 5.32 Å². The number of hydrogen-bond acceptors (Lipinski definition) is 2. The zero-order valence-electron chi connectivity index (χ0n) is 10.7. The van der Waals surface area contributed by atoms with Crippen molar-refractivity contribution in [3.05, 3.63) is 47.2 Å². The Morgan fingerprint density at radius 3 is 2.67 bits per heavy atom. The Kier molecular flexibility index (Phi) is 4.26. The molecule has 0 aliphatic carbocycles. The van der Waals surface area contributed by atoms with Gasteiger partial charge in [0.05, 0.1) is 0 Å². The number of benzene rings is 1. The Labute approximate surface area is 113 Å². The number of rotatable bonds is 5. The summed E-state index contributed by atoms with van der Waals surface area (Å²) < 4.78 is 2.13. The van der Waals surface area contributed by atoms with Crippen molar-refractivity contribution >= 4 is 17.5 Å². The fourth-order valence-electron chi connectivity index (χ4n) is 1.79. The molecular formula is C14H18ClN3. The van der Waals surface area contributed by atoms with E-state index < -0.39 is 0 Å². The third-order valence-corrected chi connectivity index (χ3v) is 2.94. The van der Waals surface area contributed by atoms with Gasteiger partial charge in [0.2, 0.25) is 5.95 Å². The zero-order chi connectivity index (χ0) is 13.0. The minimum absolute atomic E-state index is 0.390. The Balaban J connectivity index is 1.97. The van der Waals surface area contributed by atoms with Crippen LogP contribution in [0, 0.1) is 0 Å². The van der Waals surface area contributed by atoms with Crippen LogP contribution in [0.4, 0.5) is 5.95 Å². The van der Waals surface area contributed by atoms with E-state index in [0.717, 1.165) is 23.9 Å². The summed E-state index contributed by atoms with van der Waals surface area (Å²) in [5.74, 6) is 0.930. The SMILES string of the molecule is CC(C)Nc1nccn1CCc1ccc(Cl)cc1. The predicted molar refractivity (Wildman–Crippen MR) is 76.1 cm³/mol. The third kappa shape index (κ3) is 3.50. The van der Waals surface area contributed by atoms with E-state index in [1.807, 2.05) is 24.5 Å². The smallest absolute Gasteiger partial charge is 0.202 e. The van der Waals surface area contributed by atoms with Gasteiger partial charge in [-0.2, -0.15) is 0 Å². The lowest BCUT2D eigenvalue weighted by Gasteiger charge is -2.12. The average Bonchev–Trinajstić information content (AvgIpc) is 2.75. The van der Waals surface area contributed by atoms with Gasteiger partial charge >= 0.3 is 0 Å². The third-order valence-electron chi connectivity index (χ3n) is 2.69. The highest BCUT2D eigenvalue weighted by Crippen LogP contribution is 2.12. The molecule has 0 unspecified atom stereocenters. The van der Waals surface area contributed by atoms with Gasteiger partial charge in [0.25, 0.3) is 0 Å². The van der Waals surface area contributed by atoms with E-state index in [4.69, 9.17) is 11.6 Å². The van der Waals surface area contributed by atoms with Gasteiger partial charge in [-0.1, -0.05) is 23.7 Å². The van der Waals surface area contributed by atoms with Crippen LogP contribution in [0.2, 0.25) is 5.02 Å². The summed E-state index contributed by atoms with van der Waals surface area (Å²) in [6.07, 6.45) is 4.80. The van der Waals surface area contributed by atoms with Gasteiger partial charge in [0.15, 0.2) is 0 Å². The summed E-state index contributed by atoms with van der Waals surface area (Å²) in [4.78, 5) is 4.31. The second-order valence-electron chi connectivity index (χ2n) is 4.62. The van der Waals surface area contributed by atoms with Crippen molar-refractivity contribution < 1.29 is 0 Å². The van der Waals surface area contributed by atoms with Crippen molar-refractivity contribution in [1.29, 1.82) is 0 Å². The van der Waals surface area contributed by atoms with Crippen LogP contribution >= 0.6 is 11.6 Å². The quantitative estimate of drug-likeness (QED) is 0.893. The summed E-state index contributed by atoms with van der Waals surface area (Å²) >= 11 is 5.87. The molecule has 1 N–H and O–H groups in total. The van der Waals surface area contributed by atoms with Gasteiger partial charge in [-0.05, 0) is 38.0 Å². The first-order valence-corrected chi connectivity index (χ1v) is 6.55. The zero-order valence-corrected chi connectivity index (χ0v) is 11.5. The van der Waals surface area contributed by atoms with Crippen LogP contribution in [0.5, 0.6) is 0 Å². The molecule has 2 aromatic rings. The maximum atomic E-state index is 5.87. The molecule has 18 heavy (non-hydrogen) atoms. The summed E-state index contributed by atoms with van der Waals surface area (Å²) in [6, 6.07) is 8.38. The maximum Gasteiger partial charge on any atom is 0.202 e. The molecular weight excluding hydrogens is 246 g/mol. The first kappa shape index (κ1) is 13.0. The van der Waals surface area contributed by atoms with Crippen LogP contribution in [-0.2, 0) is 13.0 Å². The van der Waals surface area contributed by atoms with Crippen LogP contribution in [0.1, 0.15) is 19.4 Å². The highest BCUT2D eigenvalue weighted by atomic mass is 35.5. The minimum atomic E-state index is 0.390. The molecule has 1 aromatic heterocycles. The minimum Gasteiger partial charge on any atom is -0.353 e. The topological polar surface area (TPSA) is 29.9 Å². The van der Waals surface area contributed by atoms with Crippen LogP contribution in [0.25, 0.3) is 0 Å². The lowest BCUT2D eigenvalue weighted by atomic mass is 10.1. The molecule has 0 radical (unpaired) electrons. The first-order valence-electron chi connectivity index (χ1n) is 6.17. The fourth-order valence-corrected chi connectivity index (χ4v) is 1.91. The van der Waals surface area contributed by atoms with Gasteiger partial charge in [-0.3, -0.25) is 0 Å². The second-order valence-corrected chi connectivity index (χ2v) is 5.06. The number of halogens is 1. The van der Waals surface area contributed by atoms with Crippen molar-refractivity contribution in [2.45, 2.75) is 32.9 Å². The van der Waals surface area contributed by atoms with E-state index in [1.54, 1.807) is 0 Å². The van der Waals surface area contributed by atoms with Crippen LogP contribution in [-0.4, -0.2) is 15.6 Å². The average molecular weight is 264 g/mol. The molecule has 0 saturated heterocycles. The Morgan fingerprint density at radius 1 is 1.28 bits per heavy atom. The molecule has 0 aliphatic rings. The second kappa shape index (κ2) is 5.91. The molecule has 3 nitrogen and oxygen atoms in total. The number of aromatic nitrogens is 2. The lowest BCUT2D eigenvalue weighted by Crippen LogP contribution is -2.15. The molecule has 1 aromatic carbocycles. The monoisotopic (exact) mass is 263 g/mol. The van der Waals surface area contributed by atoms with Gasteiger partial charge in [0, 0.05) is 30.0 Å². The number of anilines is 1.